The van der Waals surface area contributed by atoms with E-state index in [1.807, 2.05) is 0 Å². The van der Waals surface area contributed by atoms with Gasteiger partial charge in [0.2, 0.25) is 5.95 Å². The van der Waals surface area contributed by atoms with Crippen molar-refractivity contribution >= 4 is 51.3 Å². The highest BCUT2D eigenvalue weighted by Crippen LogP contribution is 2.15. The lowest BCUT2D eigenvalue weighted by atomic mass is 10.4. The van der Waals surface area contributed by atoms with Crippen LogP contribution in [0.1, 0.15) is 5.69 Å². The van der Waals surface area contributed by atoms with Crippen molar-refractivity contribution in [1.29, 1.82) is 0 Å². The van der Waals surface area contributed by atoms with E-state index in [1.165, 1.54) is 0 Å². The van der Waals surface area contributed by atoms with Crippen molar-refractivity contribution < 1.29 is 0 Å². The Kier molecular flexibility index (Phi) is 3.59. The van der Waals surface area contributed by atoms with Gasteiger partial charge < -0.3 is 11.5 Å². The molecular formula is C7H8BrClN6. The lowest BCUT2D eigenvalue weighted by Gasteiger charge is -2.01. The average Bonchev–Trinajstić information content (AvgIpc) is 2.17. The number of alkyl halides is 1. The molecule has 2 aromatic rings. The summed E-state index contributed by atoms with van der Waals surface area (Å²) >= 11 is 3.27. The number of nitrogen functional groups attached to an aromatic ring is 2. The fraction of sp³-hybridized carbons (Fsp3) is 0.143. The largest absolute Gasteiger partial charge is 0.382 e. The van der Waals surface area contributed by atoms with Crippen LogP contribution >= 0.6 is 28.3 Å². The van der Waals surface area contributed by atoms with Gasteiger partial charge in [-0.05, 0) is 0 Å². The summed E-state index contributed by atoms with van der Waals surface area (Å²) in [4.78, 5) is 16.0. The number of nitrogens with zero attached hydrogens (tertiary/aromatic N) is 4. The molecule has 80 valence electrons. The fourth-order valence-electron chi connectivity index (χ4n) is 1.05. The zero-order valence-corrected chi connectivity index (χ0v) is 9.92. The second kappa shape index (κ2) is 4.54. The predicted octanol–water partition coefficient (Wildman–Crippen LogP) is 0.901. The maximum absolute atomic E-state index is 5.63. The minimum atomic E-state index is 0. The van der Waals surface area contributed by atoms with E-state index in [1.54, 1.807) is 6.20 Å². The summed E-state index contributed by atoms with van der Waals surface area (Å²) < 4.78 is 0. The minimum absolute atomic E-state index is 0. The van der Waals surface area contributed by atoms with Crippen molar-refractivity contribution in [2.75, 3.05) is 11.5 Å². The maximum atomic E-state index is 5.63. The molecule has 8 heteroatoms. The molecule has 0 radical (unpaired) electrons. The summed E-state index contributed by atoms with van der Waals surface area (Å²) in [6.45, 7) is 0. The molecule has 2 heterocycles. The highest BCUT2D eigenvalue weighted by molar-refractivity contribution is 9.08. The molecular weight excluding hydrogens is 283 g/mol. The van der Waals surface area contributed by atoms with Gasteiger partial charge in [0.1, 0.15) is 0 Å². The molecule has 0 fully saturated rings. The van der Waals surface area contributed by atoms with E-state index in [9.17, 15) is 0 Å². The Morgan fingerprint density at radius 1 is 1.20 bits per heavy atom. The molecule has 0 saturated carbocycles. The Morgan fingerprint density at radius 2 is 1.93 bits per heavy atom. The topological polar surface area (TPSA) is 104 Å². The molecule has 2 rings (SSSR count). The van der Waals surface area contributed by atoms with E-state index in [-0.39, 0.29) is 24.2 Å². The van der Waals surface area contributed by atoms with Crippen LogP contribution in [0.5, 0.6) is 0 Å². The quantitative estimate of drug-likeness (QED) is 0.757. The number of halogens is 2. The third kappa shape index (κ3) is 2.24. The summed E-state index contributed by atoms with van der Waals surface area (Å²) in [7, 11) is 0. The minimum Gasteiger partial charge on any atom is -0.382 e. The molecule has 0 unspecified atom stereocenters. The van der Waals surface area contributed by atoms with Gasteiger partial charge in [0.25, 0.3) is 0 Å². The number of hydrogen-bond donors (Lipinski definition) is 2. The van der Waals surface area contributed by atoms with Gasteiger partial charge in [-0.3, -0.25) is 0 Å². The van der Waals surface area contributed by atoms with Gasteiger partial charge in [-0.15, -0.1) is 12.4 Å². The number of rotatable bonds is 1. The van der Waals surface area contributed by atoms with Crippen LogP contribution in [0, 0.1) is 0 Å². The molecule has 0 aliphatic rings. The smallest absolute Gasteiger partial charge is 0.224 e. The average molecular weight is 292 g/mol. The van der Waals surface area contributed by atoms with E-state index in [0.29, 0.717) is 16.5 Å². The standard InChI is InChI=1S/C7H7BrN6.ClH/c8-1-3-2-11-6-4(12-3)5(9)13-7(10)14-6;/h2H,1H2,(H4,9,10,11,13,14);1H. The maximum Gasteiger partial charge on any atom is 0.224 e. The molecule has 0 aliphatic carbocycles. The van der Waals surface area contributed by atoms with Crippen LogP contribution in [-0.2, 0) is 5.33 Å². The molecule has 0 saturated heterocycles. The van der Waals surface area contributed by atoms with Crippen LogP contribution in [-0.4, -0.2) is 19.9 Å². The first-order chi connectivity index (χ1) is 6.70. The van der Waals surface area contributed by atoms with Crippen LogP contribution in [0.15, 0.2) is 6.20 Å². The van der Waals surface area contributed by atoms with E-state index in [0.717, 1.165) is 5.69 Å². The molecule has 6 nitrogen and oxygen atoms in total. The van der Waals surface area contributed by atoms with Crippen LogP contribution in [0.3, 0.4) is 0 Å². The lowest BCUT2D eigenvalue weighted by Crippen LogP contribution is -2.03. The van der Waals surface area contributed by atoms with Gasteiger partial charge in [-0.1, -0.05) is 15.9 Å². The number of aromatic nitrogens is 4. The van der Waals surface area contributed by atoms with Crippen molar-refractivity contribution in [2.24, 2.45) is 0 Å². The van der Waals surface area contributed by atoms with Crippen molar-refractivity contribution in [3.63, 3.8) is 0 Å². The molecule has 15 heavy (non-hydrogen) atoms. The number of fused-ring (bicyclic) bond motifs is 1. The molecule has 0 atom stereocenters. The molecule has 0 aromatic carbocycles. The molecule has 2 aromatic heterocycles. The van der Waals surface area contributed by atoms with E-state index in [4.69, 9.17) is 11.5 Å². The highest BCUT2D eigenvalue weighted by Gasteiger charge is 2.06. The van der Waals surface area contributed by atoms with E-state index < -0.39 is 0 Å². The third-order valence-corrected chi connectivity index (χ3v) is 2.21. The monoisotopic (exact) mass is 290 g/mol. The van der Waals surface area contributed by atoms with Gasteiger partial charge in [0.15, 0.2) is 17.0 Å². The fourth-order valence-corrected chi connectivity index (χ4v) is 1.32. The first-order valence-corrected chi connectivity index (χ1v) is 4.93. The Hall–Kier alpha value is -1.21. The number of nitrogens with two attached hydrogens (primary N) is 2. The SMILES string of the molecule is Cl.Nc1nc(N)c2nc(CBr)cnc2n1. The second-order valence-electron chi connectivity index (χ2n) is 2.63. The summed E-state index contributed by atoms with van der Waals surface area (Å²) in [5.41, 5.74) is 12.7. The molecule has 0 bridgehead atoms. The van der Waals surface area contributed by atoms with E-state index >= 15 is 0 Å². The molecule has 4 N–H and O–H groups in total. The number of anilines is 2. The van der Waals surface area contributed by atoms with Gasteiger partial charge in [0.05, 0.1) is 11.9 Å². The van der Waals surface area contributed by atoms with Gasteiger partial charge in [-0.2, -0.15) is 9.97 Å². The van der Waals surface area contributed by atoms with Crippen LogP contribution in [0.25, 0.3) is 11.2 Å². The highest BCUT2D eigenvalue weighted by atomic mass is 79.9. The van der Waals surface area contributed by atoms with Crippen molar-refractivity contribution in [3.8, 4) is 0 Å². The zero-order valence-electron chi connectivity index (χ0n) is 7.51. The summed E-state index contributed by atoms with van der Waals surface area (Å²) in [5.74, 6) is 0.360. The Morgan fingerprint density at radius 3 is 2.60 bits per heavy atom. The summed E-state index contributed by atoms with van der Waals surface area (Å²) in [5, 5.41) is 0.611. The first-order valence-electron chi connectivity index (χ1n) is 3.81. The Balaban J connectivity index is 0.00000112. The Bertz CT molecular complexity index is 490. The molecule has 0 spiro atoms. The van der Waals surface area contributed by atoms with Crippen molar-refractivity contribution in [1.82, 2.24) is 19.9 Å². The van der Waals surface area contributed by atoms with Gasteiger partial charge >= 0.3 is 0 Å². The van der Waals surface area contributed by atoms with E-state index in [2.05, 4.69) is 35.9 Å². The van der Waals surface area contributed by atoms with Crippen LogP contribution in [0.4, 0.5) is 11.8 Å². The van der Waals surface area contributed by atoms with Crippen molar-refractivity contribution in [2.45, 2.75) is 5.33 Å². The first kappa shape index (κ1) is 11.9. The normalized spacial score (nSPS) is 9.93. The Labute approximate surface area is 100 Å². The van der Waals surface area contributed by atoms with Crippen molar-refractivity contribution in [3.05, 3.63) is 11.9 Å². The second-order valence-corrected chi connectivity index (χ2v) is 3.19. The third-order valence-electron chi connectivity index (χ3n) is 1.64. The zero-order chi connectivity index (χ0) is 10.1. The lowest BCUT2D eigenvalue weighted by molar-refractivity contribution is 1.12. The van der Waals surface area contributed by atoms with Crippen LogP contribution in [0.2, 0.25) is 0 Å². The summed E-state index contributed by atoms with van der Waals surface area (Å²) in [6.07, 6.45) is 1.61. The van der Waals surface area contributed by atoms with Gasteiger partial charge in [-0.25, -0.2) is 9.97 Å². The number of hydrogen-bond acceptors (Lipinski definition) is 6. The predicted molar refractivity (Wildman–Crippen MR) is 63.8 cm³/mol. The van der Waals surface area contributed by atoms with Gasteiger partial charge in [0, 0.05) is 5.33 Å². The van der Waals surface area contributed by atoms with Crippen LogP contribution < -0.4 is 11.5 Å². The summed E-state index contributed by atoms with van der Waals surface area (Å²) in [6, 6.07) is 0. The molecule has 0 aliphatic heterocycles. The molecule has 0 amide bonds.